The molecule has 0 aliphatic carbocycles. The van der Waals surface area contributed by atoms with Crippen LogP contribution in [0.15, 0.2) is 35.5 Å². The van der Waals surface area contributed by atoms with Crippen molar-refractivity contribution in [1.82, 2.24) is 14.7 Å². The van der Waals surface area contributed by atoms with Gasteiger partial charge in [-0.15, -0.1) is 0 Å². The first kappa shape index (κ1) is 19.5. The van der Waals surface area contributed by atoms with Crippen LogP contribution in [0.1, 0.15) is 11.1 Å². The van der Waals surface area contributed by atoms with E-state index < -0.39 is 10.0 Å². The van der Waals surface area contributed by atoms with E-state index >= 15 is 0 Å². The van der Waals surface area contributed by atoms with Crippen LogP contribution in [0.2, 0.25) is 0 Å². The maximum atomic E-state index is 12.5. The molecule has 1 aromatic carbocycles. The quantitative estimate of drug-likeness (QED) is 0.687. The standard InChI is InChI=1S/C18H25N5O3S/c1-14-3-4-15(2)16(11-14)27(24,25)22-6-5-19-17-12-18(21-13-20-17)23-7-9-26-10-8-23/h3-4,11-13,22H,5-10H2,1-2H3,(H,19,20,21). The fourth-order valence-corrected chi connectivity index (χ4v) is 4.22. The summed E-state index contributed by atoms with van der Waals surface area (Å²) in [5, 5.41) is 3.14. The largest absolute Gasteiger partial charge is 0.378 e. The molecule has 0 spiro atoms. The maximum absolute atomic E-state index is 12.5. The number of nitrogens with one attached hydrogen (secondary N) is 2. The number of anilines is 2. The number of benzene rings is 1. The highest BCUT2D eigenvalue weighted by Crippen LogP contribution is 2.17. The SMILES string of the molecule is Cc1ccc(C)c(S(=O)(=O)NCCNc2cc(N3CCOCC3)ncn2)c1. The number of morpholine rings is 1. The lowest BCUT2D eigenvalue weighted by Gasteiger charge is -2.27. The Labute approximate surface area is 160 Å². The second kappa shape index (κ2) is 8.64. The van der Waals surface area contributed by atoms with Crippen LogP contribution in [0.3, 0.4) is 0 Å². The van der Waals surface area contributed by atoms with Crippen molar-refractivity contribution in [2.24, 2.45) is 0 Å². The zero-order valence-corrected chi connectivity index (χ0v) is 16.4. The molecule has 0 radical (unpaired) electrons. The summed E-state index contributed by atoms with van der Waals surface area (Å²) in [5.74, 6) is 1.50. The Balaban J connectivity index is 1.55. The minimum absolute atomic E-state index is 0.257. The normalized spacial score (nSPS) is 15.0. The van der Waals surface area contributed by atoms with E-state index in [0.717, 1.165) is 30.0 Å². The summed E-state index contributed by atoms with van der Waals surface area (Å²) in [5.41, 5.74) is 1.64. The van der Waals surface area contributed by atoms with Crippen molar-refractivity contribution in [1.29, 1.82) is 0 Å². The second-order valence-electron chi connectivity index (χ2n) is 6.45. The summed E-state index contributed by atoms with van der Waals surface area (Å²) in [6, 6.07) is 7.27. The van der Waals surface area contributed by atoms with Crippen molar-refractivity contribution < 1.29 is 13.2 Å². The number of nitrogens with zero attached hydrogens (tertiary/aromatic N) is 3. The Morgan fingerprint density at radius 3 is 2.67 bits per heavy atom. The van der Waals surface area contributed by atoms with Crippen LogP contribution in [0.4, 0.5) is 11.6 Å². The lowest BCUT2D eigenvalue weighted by Crippen LogP contribution is -2.36. The van der Waals surface area contributed by atoms with Gasteiger partial charge < -0.3 is 15.0 Å². The molecule has 27 heavy (non-hydrogen) atoms. The first-order valence-electron chi connectivity index (χ1n) is 8.91. The smallest absolute Gasteiger partial charge is 0.240 e. The Hall–Kier alpha value is -2.23. The van der Waals surface area contributed by atoms with E-state index in [0.29, 0.717) is 30.5 Å². The molecule has 9 heteroatoms. The Bertz CT molecular complexity index is 882. The van der Waals surface area contributed by atoms with Gasteiger partial charge in [-0.3, -0.25) is 0 Å². The van der Waals surface area contributed by atoms with Gasteiger partial charge in [0.1, 0.15) is 18.0 Å². The van der Waals surface area contributed by atoms with Crippen molar-refractivity contribution in [3.05, 3.63) is 41.7 Å². The van der Waals surface area contributed by atoms with Crippen molar-refractivity contribution >= 4 is 21.7 Å². The van der Waals surface area contributed by atoms with Gasteiger partial charge in [-0.1, -0.05) is 12.1 Å². The molecule has 146 valence electrons. The van der Waals surface area contributed by atoms with E-state index in [1.165, 1.54) is 6.33 Å². The number of sulfonamides is 1. The fourth-order valence-electron chi connectivity index (χ4n) is 2.86. The molecular weight excluding hydrogens is 366 g/mol. The monoisotopic (exact) mass is 391 g/mol. The van der Waals surface area contributed by atoms with Crippen molar-refractivity contribution in [3.63, 3.8) is 0 Å². The maximum Gasteiger partial charge on any atom is 0.240 e. The molecule has 2 aromatic rings. The van der Waals surface area contributed by atoms with E-state index in [4.69, 9.17) is 4.74 Å². The van der Waals surface area contributed by atoms with Crippen molar-refractivity contribution in [3.8, 4) is 0 Å². The molecule has 0 unspecified atom stereocenters. The topological polar surface area (TPSA) is 96.5 Å². The molecule has 1 saturated heterocycles. The predicted octanol–water partition coefficient (Wildman–Crippen LogP) is 1.32. The van der Waals surface area contributed by atoms with Gasteiger partial charge >= 0.3 is 0 Å². The van der Waals surface area contributed by atoms with Gasteiger partial charge in [-0.2, -0.15) is 0 Å². The van der Waals surface area contributed by atoms with Gasteiger partial charge in [0, 0.05) is 32.2 Å². The Morgan fingerprint density at radius 2 is 1.89 bits per heavy atom. The summed E-state index contributed by atoms with van der Waals surface area (Å²) >= 11 is 0. The molecule has 1 aliphatic rings. The molecule has 1 aromatic heterocycles. The molecule has 0 atom stereocenters. The minimum atomic E-state index is -3.54. The van der Waals surface area contributed by atoms with Crippen LogP contribution in [0.5, 0.6) is 0 Å². The number of aromatic nitrogens is 2. The average Bonchev–Trinajstić information content (AvgIpc) is 2.68. The number of hydrogen-bond acceptors (Lipinski definition) is 7. The van der Waals surface area contributed by atoms with Crippen LogP contribution in [-0.4, -0.2) is 57.8 Å². The van der Waals surface area contributed by atoms with Crippen LogP contribution in [0.25, 0.3) is 0 Å². The molecule has 1 fully saturated rings. The molecule has 0 bridgehead atoms. The second-order valence-corrected chi connectivity index (χ2v) is 8.19. The molecule has 2 N–H and O–H groups in total. The zero-order chi connectivity index (χ0) is 19.3. The van der Waals surface area contributed by atoms with Crippen LogP contribution < -0.4 is 14.9 Å². The number of ether oxygens (including phenoxy) is 1. The van der Waals surface area contributed by atoms with Gasteiger partial charge in [-0.25, -0.2) is 23.1 Å². The summed E-state index contributed by atoms with van der Waals surface area (Å²) in [4.78, 5) is 10.9. The number of hydrogen-bond donors (Lipinski definition) is 2. The molecular formula is C18H25N5O3S. The van der Waals surface area contributed by atoms with Gasteiger partial charge in [-0.05, 0) is 31.0 Å². The van der Waals surface area contributed by atoms with Gasteiger partial charge in [0.15, 0.2) is 0 Å². The van der Waals surface area contributed by atoms with E-state index in [1.54, 1.807) is 13.0 Å². The lowest BCUT2D eigenvalue weighted by atomic mass is 10.2. The molecule has 3 rings (SSSR count). The molecule has 0 amide bonds. The summed E-state index contributed by atoms with van der Waals surface area (Å²) < 4.78 is 33.0. The van der Waals surface area contributed by atoms with E-state index in [-0.39, 0.29) is 6.54 Å². The zero-order valence-electron chi connectivity index (χ0n) is 15.6. The number of rotatable bonds is 7. The first-order valence-corrected chi connectivity index (χ1v) is 10.4. The van der Waals surface area contributed by atoms with Gasteiger partial charge in [0.2, 0.25) is 10.0 Å². The van der Waals surface area contributed by atoms with Crippen molar-refractivity contribution in [2.45, 2.75) is 18.7 Å². The van der Waals surface area contributed by atoms with E-state index in [1.807, 2.05) is 25.1 Å². The van der Waals surface area contributed by atoms with Crippen LogP contribution >= 0.6 is 0 Å². The molecule has 0 saturated carbocycles. The Kier molecular flexibility index (Phi) is 6.25. The highest BCUT2D eigenvalue weighted by Gasteiger charge is 2.16. The van der Waals surface area contributed by atoms with Crippen LogP contribution in [-0.2, 0) is 14.8 Å². The third-order valence-electron chi connectivity index (χ3n) is 4.34. The highest BCUT2D eigenvalue weighted by atomic mass is 32.2. The molecule has 8 nitrogen and oxygen atoms in total. The van der Waals surface area contributed by atoms with E-state index in [2.05, 4.69) is 24.9 Å². The third kappa shape index (κ3) is 5.15. The number of aryl methyl sites for hydroxylation is 2. The minimum Gasteiger partial charge on any atom is -0.378 e. The van der Waals surface area contributed by atoms with Crippen LogP contribution in [0, 0.1) is 13.8 Å². The van der Waals surface area contributed by atoms with E-state index in [9.17, 15) is 8.42 Å². The highest BCUT2D eigenvalue weighted by molar-refractivity contribution is 7.89. The lowest BCUT2D eigenvalue weighted by molar-refractivity contribution is 0.122. The molecule has 2 heterocycles. The summed E-state index contributed by atoms with van der Waals surface area (Å²) in [6.45, 7) is 7.32. The fraction of sp³-hybridized carbons (Fsp3) is 0.444. The summed E-state index contributed by atoms with van der Waals surface area (Å²) in [6.07, 6.45) is 1.51. The third-order valence-corrected chi connectivity index (χ3v) is 5.95. The summed E-state index contributed by atoms with van der Waals surface area (Å²) in [7, 11) is -3.54. The van der Waals surface area contributed by atoms with Crippen molar-refractivity contribution in [2.75, 3.05) is 49.6 Å². The van der Waals surface area contributed by atoms with Gasteiger partial charge in [0.05, 0.1) is 18.1 Å². The van der Waals surface area contributed by atoms with Gasteiger partial charge in [0.25, 0.3) is 0 Å². The molecule has 1 aliphatic heterocycles. The predicted molar refractivity (Wildman–Crippen MR) is 105 cm³/mol. The average molecular weight is 391 g/mol. The Morgan fingerprint density at radius 1 is 1.11 bits per heavy atom. The first-order chi connectivity index (χ1) is 13.0.